The maximum atomic E-state index is 12.6. The van der Waals surface area contributed by atoms with Gasteiger partial charge in [0.25, 0.3) is 0 Å². The van der Waals surface area contributed by atoms with Crippen molar-refractivity contribution < 1.29 is 19.1 Å². The number of nitrogens with zero attached hydrogens (tertiary/aromatic N) is 1. The first-order valence-electron chi connectivity index (χ1n) is 8.90. The molecule has 1 aliphatic carbocycles. The molecule has 0 radical (unpaired) electrons. The van der Waals surface area contributed by atoms with Gasteiger partial charge < -0.3 is 14.8 Å². The molecule has 2 fully saturated rings. The first kappa shape index (κ1) is 17.7. The maximum Gasteiger partial charge on any atom is 0.323 e. The highest BCUT2D eigenvalue weighted by Gasteiger charge is 2.46. The monoisotopic (exact) mass is 346 g/mol. The number of likely N-dealkylation sites (tertiary alicyclic amines) is 1. The van der Waals surface area contributed by atoms with Gasteiger partial charge in [-0.05, 0) is 37.3 Å². The standard InChI is InChI=1S/C19H26N2O4/c1-24-15-8-5-7-14(11-15)20-18(22)12-21-16-9-4-3-6-13(16)10-17(21)19(23)25-2/h5,7-8,11,13,16-17H,3-4,6,9-10,12H2,1-2H3,(H,20,22)/t13-,16+,17-/m0/s1. The van der Waals surface area contributed by atoms with E-state index < -0.39 is 0 Å². The van der Waals surface area contributed by atoms with Crippen LogP contribution in [0.1, 0.15) is 32.1 Å². The third-order valence-corrected chi connectivity index (χ3v) is 5.37. The van der Waals surface area contributed by atoms with Gasteiger partial charge in [0.1, 0.15) is 11.8 Å². The average Bonchev–Trinajstić information content (AvgIpc) is 2.99. The number of carbonyl (C=O) groups is 2. The van der Waals surface area contributed by atoms with Crippen LogP contribution >= 0.6 is 0 Å². The lowest BCUT2D eigenvalue weighted by molar-refractivity contribution is -0.146. The number of nitrogens with one attached hydrogen (secondary N) is 1. The largest absolute Gasteiger partial charge is 0.497 e. The van der Waals surface area contributed by atoms with Crippen LogP contribution in [0.15, 0.2) is 24.3 Å². The van der Waals surface area contributed by atoms with E-state index in [4.69, 9.17) is 9.47 Å². The molecular weight excluding hydrogens is 320 g/mol. The third kappa shape index (κ3) is 3.95. The molecule has 0 unspecified atom stereocenters. The lowest BCUT2D eigenvalue weighted by Crippen LogP contribution is -2.46. The van der Waals surface area contributed by atoms with E-state index in [2.05, 4.69) is 5.32 Å². The number of hydrogen-bond acceptors (Lipinski definition) is 5. The number of rotatable bonds is 5. The highest BCUT2D eigenvalue weighted by atomic mass is 16.5. The van der Waals surface area contributed by atoms with E-state index in [9.17, 15) is 9.59 Å². The zero-order chi connectivity index (χ0) is 17.8. The zero-order valence-corrected chi connectivity index (χ0v) is 14.9. The second kappa shape index (κ2) is 7.87. The number of esters is 1. The molecule has 1 amide bonds. The zero-order valence-electron chi connectivity index (χ0n) is 14.9. The van der Waals surface area contributed by atoms with Crippen LogP contribution in [0.25, 0.3) is 0 Å². The van der Waals surface area contributed by atoms with Gasteiger partial charge >= 0.3 is 5.97 Å². The second-order valence-electron chi connectivity index (χ2n) is 6.84. The second-order valence-corrected chi connectivity index (χ2v) is 6.84. The Morgan fingerprint density at radius 1 is 1.24 bits per heavy atom. The molecule has 1 aliphatic heterocycles. The summed E-state index contributed by atoms with van der Waals surface area (Å²) in [7, 11) is 3.01. The van der Waals surface area contributed by atoms with E-state index in [1.165, 1.54) is 13.5 Å². The first-order valence-corrected chi connectivity index (χ1v) is 8.90. The molecule has 3 atom stereocenters. The summed E-state index contributed by atoms with van der Waals surface area (Å²) < 4.78 is 10.2. The quantitative estimate of drug-likeness (QED) is 0.830. The van der Waals surface area contributed by atoms with Crippen molar-refractivity contribution in [3.8, 4) is 5.75 Å². The maximum absolute atomic E-state index is 12.6. The molecule has 0 bridgehead atoms. The minimum absolute atomic E-state index is 0.117. The molecule has 1 N–H and O–H groups in total. The van der Waals surface area contributed by atoms with Crippen molar-refractivity contribution in [3.05, 3.63) is 24.3 Å². The molecule has 2 aliphatic rings. The van der Waals surface area contributed by atoms with E-state index in [0.717, 1.165) is 25.7 Å². The summed E-state index contributed by atoms with van der Waals surface area (Å²) in [5.41, 5.74) is 0.693. The molecule has 0 aromatic heterocycles. The Labute approximate surface area is 148 Å². The van der Waals surface area contributed by atoms with Crippen LogP contribution in [0, 0.1) is 5.92 Å². The van der Waals surface area contributed by atoms with Gasteiger partial charge in [0.2, 0.25) is 5.91 Å². The third-order valence-electron chi connectivity index (χ3n) is 5.37. The highest BCUT2D eigenvalue weighted by Crippen LogP contribution is 2.39. The molecule has 1 heterocycles. The number of methoxy groups -OCH3 is 2. The Morgan fingerprint density at radius 3 is 2.80 bits per heavy atom. The number of amides is 1. The summed E-state index contributed by atoms with van der Waals surface area (Å²) in [5, 5.41) is 2.90. The molecule has 25 heavy (non-hydrogen) atoms. The van der Waals surface area contributed by atoms with Gasteiger partial charge in [-0.1, -0.05) is 18.9 Å². The normalized spacial score (nSPS) is 25.9. The fraction of sp³-hybridized carbons (Fsp3) is 0.579. The average molecular weight is 346 g/mol. The van der Waals surface area contributed by atoms with Crippen molar-refractivity contribution in [2.75, 3.05) is 26.1 Å². The number of carbonyl (C=O) groups excluding carboxylic acids is 2. The Balaban J connectivity index is 1.69. The van der Waals surface area contributed by atoms with Crippen molar-refractivity contribution in [1.82, 2.24) is 4.90 Å². The Hall–Kier alpha value is -2.08. The molecule has 1 saturated heterocycles. The number of fused-ring (bicyclic) bond motifs is 1. The van der Waals surface area contributed by atoms with Crippen LogP contribution in [0.2, 0.25) is 0 Å². The molecule has 1 aromatic rings. The molecule has 136 valence electrons. The Kier molecular flexibility index (Phi) is 5.58. The van der Waals surface area contributed by atoms with Crippen molar-refractivity contribution in [2.24, 2.45) is 5.92 Å². The van der Waals surface area contributed by atoms with Crippen molar-refractivity contribution >= 4 is 17.6 Å². The van der Waals surface area contributed by atoms with Crippen molar-refractivity contribution in [3.63, 3.8) is 0 Å². The predicted octanol–water partition coefficient (Wildman–Crippen LogP) is 2.44. The SMILES string of the molecule is COC(=O)[C@@H]1C[C@@H]2CCCC[C@H]2N1CC(=O)Nc1cccc(OC)c1. The molecule has 0 spiro atoms. The summed E-state index contributed by atoms with van der Waals surface area (Å²) in [6.07, 6.45) is 5.34. The predicted molar refractivity (Wildman–Crippen MR) is 94.5 cm³/mol. The molecule has 1 saturated carbocycles. The lowest BCUT2D eigenvalue weighted by atomic mass is 9.85. The highest BCUT2D eigenvalue weighted by molar-refractivity contribution is 5.93. The Morgan fingerprint density at radius 2 is 2.04 bits per heavy atom. The van der Waals surface area contributed by atoms with Gasteiger partial charge in [-0.15, -0.1) is 0 Å². The number of ether oxygens (including phenoxy) is 2. The summed E-state index contributed by atoms with van der Waals surface area (Å²) in [6.45, 7) is 0.206. The minimum atomic E-state index is -0.311. The fourth-order valence-electron chi connectivity index (χ4n) is 4.22. The summed E-state index contributed by atoms with van der Waals surface area (Å²) in [5.74, 6) is 0.832. The van der Waals surface area contributed by atoms with Gasteiger partial charge in [0.05, 0.1) is 20.8 Å². The van der Waals surface area contributed by atoms with Crippen LogP contribution in [0.5, 0.6) is 5.75 Å². The molecule has 6 heteroatoms. The summed E-state index contributed by atoms with van der Waals surface area (Å²) >= 11 is 0. The fourth-order valence-corrected chi connectivity index (χ4v) is 4.22. The van der Waals surface area contributed by atoms with Gasteiger partial charge in [0.15, 0.2) is 0 Å². The molecule has 1 aromatic carbocycles. The van der Waals surface area contributed by atoms with E-state index in [1.54, 1.807) is 13.2 Å². The number of benzene rings is 1. The van der Waals surface area contributed by atoms with Gasteiger partial charge in [-0.2, -0.15) is 0 Å². The summed E-state index contributed by atoms with van der Waals surface area (Å²) in [6, 6.07) is 7.26. The lowest BCUT2D eigenvalue weighted by Gasteiger charge is -2.32. The van der Waals surface area contributed by atoms with E-state index in [1.807, 2.05) is 23.1 Å². The van der Waals surface area contributed by atoms with Crippen LogP contribution in [-0.2, 0) is 14.3 Å². The first-order chi connectivity index (χ1) is 12.1. The van der Waals surface area contributed by atoms with E-state index >= 15 is 0 Å². The van der Waals surface area contributed by atoms with Gasteiger partial charge in [-0.25, -0.2) is 0 Å². The summed E-state index contributed by atoms with van der Waals surface area (Å²) in [4.78, 5) is 26.8. The van der Waals surface area contributed by atoms with Gasteiger partial charge in [-0.3, -0.25) is 14.5 Å². The molecular formula is C19H26N2O4. The number of anilines is 1. The Bertz CT molecular complexity index is 634. The van der Waals surface area contributed by atoms with E-state index in [-0.39, 0.29) is 24.5 Å². The van der Waals surface area contributed by atoms with Crippen molar-refractivity contribution in [1.29, 1.82) is 0 Å². The van der Waals surface area contributed by atoms with Crippen molar-refractivity contribution in [2.45, 2.75) is 44.2 Å². The van der Waals surface area contributed by atoms with E-state index in [0.29, 0.717) is 23.4 Å². The smallest absolute Gasteiger partial charge is 0.323 e. The van der Waals surface area contributed by atoms with Crippen LogP contribution < -0.4 is 10.1 Å². The van der Waals surface area contributed by atoms with Crippen LogP contribution in [0.4, 0.5) is 5.69 Å². The van der Waals surface area contributed by atoms with Crippen LogP contribution in [0.3, 0.4) is 0 Å². The molecule has 6 nitrogen and oxygen atoms in total. The molecule has 3 rings (SSSR count). The minimum Gasteiger partial charge on any atom is -0.497 e. The topological polar surface area (TPSA) is 67.9 Å². The van der Waals surface area contributed by atoms with Crippen LogP contribution in [-0.4, -0.2) is 49.6 Å². The number of hydrogen-bond donors (Lipinski definition) is 1. The van der Waals surface area contributed by atoms with Gasteiger partial charge in [0, 0.05) is 17.8 Å².